The minimum absolute atomic E-state index is 0.126. The van der Waals surface area contributed by atoms with Crippen LogP contribution in [-0.4, -0.2) is 15.0 Å². The first-order chi connectivity index (χ1) is 9.25. The first-order valence-electron chi connectivity index (χ1n) is 5.82. The van der Waals surface area contributed by atoms with Gasteiger partial charge in [0.25, 0.3) is 5.56 Å². The molecule has 0 radical (unpaired) electrons. The molecule has 0 aliphatic heterocycles. The highest BCUT2D eigenvalue weighted by molar-refractivity contribution is 7.12. The van der Waals surface area contributed by atoms with Crippen LogP contribution in [0.15, 0.2) is 46.7 Å². The van der Waals surface area contributed by atoms with Crippen LogP contribution in [0.3, 0.4) is 0 Å². The minimum atomic E-state index is -0.126. The van der Waals surface area contributed by atoms with Gasteiger partial charge in [-0.05, 0) is 6.92 Å². The number of nitrogens with zero attached hydrogens (tertiary/aromatic N) is 2. The Hall–Kier alpha value is -2.27. The Morgan fingerprint density at radius 3 is 2.68 bits per heavy atom. The van der Waals surface area contributed by atoms with Gasteiger partial charge in [-0.3, -0.25) is 4.79 Å². The number of thiazole rings is 1. The molecule has 0 spiro atoms. The molecule has 3 rings (SSSR count). The molecule has 3 aromatic rings. The standard InChI is InChI=1S/C14H11N3OS/c1-9-11(10-5-3-2-4-6-10)16-12(17-13(9)18)14-15-7-8-19-14/h2-8H,1H3,(H,16,17,18). The molecule has 5 heteroatoms. The molecule has 19 heavy (non-hydrogen) atoms. The monoisotopic (exact) mass is 269 g/mol. The van der Waals surface area contributed by atoms with Gasteiger partial charge in [0.1, 0.15) is 0 Å². The van der Waals surface area contributed by atoms with Crippen LogP contribution in [0.4, 0.5) is 0 Å². The number of hydrogen-bond acceptors (Lipinski definition) is 4. The highest BCUT2D eigenvalue weighted by Crippen LogP contribution is 2.22. The molecule has 1 N–H and O–H groups in total. The van der Waals surface area contributed by atoms with Crippen molar-refractivity contribution in [3.05, 3.63) is 57.8 Å². The Balaban J connectivity index is 2.23. The number of aromatic amines is 1. The van der Waals surface area contributed by atoms with Gasteiger partial charge in [-0.1, -0.05) is 30.3 Å². The number of nitrogens with one attached hydrogen (secondary N) is 1. The van der Waals surface area contributed by atoms with Crippen LogP contribution in [0.1, 0.15) is 5.56 Å². The number of benzene rings is 1. The third kappa shape index (κ3) is 2.20. The summed E-state index contributed by atoms with van der Waals surface area (Å²) in [4.78, 5) is 23.5. The maximum Gasteiger partial charge on any atom is 0.254 e. The Kier molecular flexibility index (Phi) is 2.97. The maximum atomic E-state index is 12.0. The van der Waals surface area contributed by atoms with Crippen molar-refractivity contribution in [3.63, 3.8) is 0 Å². The van der Waals surface area contributed by atoms with Gasteiger partial charge in [-0.2, -0.15) is 0 Å². The van der Waals surface area contributed by atoms with E-state index < -0.39 is 0 Å². The van der Waals surface area contributed by atoms with Crippen LogP contribution in [0.5, 0.6) is 0 Å². The zero-order valence-corrected chi connectivity index (χ0v) is 11.1. The first-order valence-corrected chi connectivity index (χ1v) is 6.70. The molecule has 1 aromatic carbocycles. The van der Waals surface area contributed by atoms with Gasteiger partial charge < -0.3 is 4.98 Å². The van der Waals surface area contributed by atoms with E-state index in [4.69, 9.17) is 0 Å². The summed E-state index contributed by atoms with van der Waals surface area (Å²) in [5.74, 6) is 0.518. The molecule has 0 atom stereocenters. The van der Waals surface area contributed by atoms with Crippen molar-refractivity contribution in [2.75, 3.05) is 0 Å². The molecular formula is C14H11N3OS. The number of H-pyrrole nitrogens is 1. The Morgan fingerprint density at radius 1 is 1.21 bits per heavy atom. The highest BCUT2D eigenvalue weighted by Gasteiger charge is 2.11. The lowest BCUT2D eigenvalue weighted by atomic mass is 10.1. The fourth-order valence-corrected chi connectivity index (χ4v) is 2.43. The van der Waals surface area contributed by atoms with Crippen molar-refractivity contribution < 1.29 is 0 Å². The summed E-state index contributed by atoms with van der Waals surface area (Å²) in [7, 11) is 0. The van der Waals surface area contributed by atoms with Gasteiger partial charge in [-0.25, -0.2) is 9.97 Å². The maximum absolute atomic E-state index is 12.0. The third-order valence-electron chi connectivity index (χ3n) is 2.83. The molecular weight excluding hydrogens is 258 g/mol. The normalized spacial score (nSPS) is 10.6. The summed E-state index contributed by atoms with van der Waals surface area (Å²) >= 11 is 1.45. The number of aromatic nitrogens is 3. The van der Waals surface area contributed by atoms with Crippen LogP contribution in [0.25, 0.3) is 22.1 Å². The van der Waals surface area contributed by atoms with E-state index in [-0.39, 0.29) is 5.56 Å². The molecule has 2 heterocycles. The zero-order chi connectivity index (χ0) is 13.2. The molecule has 0 unspecified atom stereocenters. The van der Waals surface area contributed by atoms with E-state index in [1.54, 1.807) is 13.1 Å². The summed E-state index contributed by atoms with van der Waals surface area (Å²) < 4.78 is 0. The first kappa shape index (κ1) is 11.8. The predicted molar refractivity (Wildman–Crippen MR) is 76.1 cm³/mol. The number of rotatable bonds is 2. The van der Waals surface area contributed by atoms with E-state index in [1.807, 2.05) is 35.7 Å². The van der Waals surface area contributed by atoms with E-state index in [0.29, 0.717) is 22.1 Å². The molecule has 0 aliphatic carbocycles. The van der Waals surface area contributed by atoms with Gasteiger partial charge in [-0.15, -0.1) is 11.3 Å². The smallest absolute Gasteiger partial charge is 0.254 e. The SMILES string of the molecule is Cc1c(-c2ccccc2)nc(-c2nccs2)[nH]c1=O. The van der Waals surface area contributed by atoms with Crippen molar-refractivity contribution in [2.45, 2.75) is 6.92 Å². The van der Waals surface area contributed by atoms with Gasteiger partial charge in [0, 0.05) is 22.7 Å². The second kappa shape index (κ2) is 4.78. The highest BCUT2D eigenvalue weighted by atomic mass is 32.1. The molecule has 4 nitrogen and oxygen atoms in total. The van der Waals surface area contributed by atoms with E-state index in [0.717, 1.165) is 5.56 Å². The molecule has 0 amide bonds. The van der Waals surface area contributed by atoms with Crippen molar-refractivity contribution in [3.8, 4) is 22.1 Å². The van der Waals surface area contributed by atoms with E-state index in [2.05, 4.69) is 15.0 Å². The molecule has 94 valence electrons. The minimum Gasteiger partial charge on any atom is -0.304 e. The van der Waals surface area contributed by atoms with Gasteiger partial charge >= 0.3 is 0 Å². The fourth-order valence-electron chi connectivity index (χ4n) is 1.85. The third-order valence-corrected chi connectivity index (χ3v) is 3.61. The van der Waals surface area contributed by atoms with Gasteiger partial charge in [0.2, 0.25) is 0 Å². The van der Waals surface area contributed by atoms with Crippen molar-refractivity contribution in [2.24, 2.45) is 0 Å². The topological polar surface area (TPSA) is 58.6 Å². The lowest BCUT2D eigenvalue weighted by Gasteiger charge is -2.06. The van der Waals surface area contributed by atoms with E-state index in [9.17, 15) is 4.79 Å². The van der Waals surface area contributed by atoms with Crippen LogP contribution >= 0.6 is 11.3 Å². The summed E-state index contributed by atoms with van der Waals surface area (Å²) in [6.45, 7) is 1.78. The summed E-state index contributed by atoms with van der Waals surface area (Å²) in [6.07, 6.45) is 1.70. The molecule has 0 saturated heterocycles. The Labute approximate surface area is 113 Å². The zero-order valence-electron chi connectivity index (χ0n) is 10.3. The van der Waals surface area contributed by atoms with Crippen LogP contribution in [0.2, 0.25) is 0 Å². The Bertz CT molecular complexity index is 748. The largest absolute Gasteiger partial charge is 0.304 e. The number of hydrogen-bond donors (Lipinski definition) is 1. The fraction of sp³-hybridized carbons (Fsp3) is 0.0714. The Morgan fingerprint density at radius 2 is 2.00 bits per heavy atom. The summed E-state index contributed by atoms with van der Waals surface area (Å²) in [6, 6.07) is 9.69. The second-order valence-corrected chi connectivity index (χ2v) is 4.99. The van der Waals surface area contributed by atoms with Crippen molar-refractivity contribution in [1.82, 2.24) is 15.0 Å². The van der Waals surface area contributed by atoms with Crippen molar-refractivity contribution in [1.29, 1.82) is 0 Å². The summed E-state index contributed by atoms with van der Waals surface area (Å²) in [5, 5.41) is 2.58. The van der Waals surface area contributed by atoms with Gasteiger partial charge in [0.05, 0.1) is 5.69 Å². The molecule has 0 bridgehead atoms. The second-order valence-electron chi connectivity index (χ2n) is 4.09. The summed E-state index contributed by atoms with van der Waals surface area (Å²) in [5.41, 5.74) is 2.13. The van der Waals surface area contributed by atoms with Crippen molar-refractivity contribution >= 4 is 11.3 Å². The molecule has 0 saturated carbocycles. The van der Waals surface area contributed by atoms with Crippen LogP contribution in [-0.2, 0) is 0 Å². The lowest BCUT2D eigenvalue weighted by Crippen LogP contribution is -2.14. The van der Waals surface area contributed by atoms with Crippen LogP contribution < -0.4 is 5.56 Å². The quantitative estimate of drug-likeness (QED) is 0.778. The molecule has 2 aromatic heterocycles. The average Bonchev–Trinajstić information content (AvgIpc) is 2.97. The lowest BCUT2D eigenvalue weighted by molar-refractivity contribution is 1.08. The van der Waals surface area contributed by atoms with Crippen LogP contribution in [0, 0.1) is 6.92 Å². The average molecular weight is 269 g/mol. The van der Waals surface area contributed by atoms with Gasteiger partial charge in [0.15, 0.2) is 10.8 Å². The predicted octanol–water partition coefficient (Wildman–Crippen LogP) is 2.87. The van der Waals surface area contributed by atoms with E-state index >= 15 is 0 Å². The molecule has 0 aliphatic rings. The molecule has 0 fully saturated rings. The van der Waals surface area contributed by atoms with E-state index in [1.165, 1.54) is 11.3 Å².